The van der Waals surface area contributed by atoms with Gasteiger partial charge in [-0.15, -0.1) is 0 Å². The molecule has 0 N–H and O–H groups in total. The van der Waals surface area contributed by atoms with E-state index in [-0.39, 0.29) is 29.0 Å². The molecule has 1 heterocycles. The van der Waals surface area contributed by atoms with Gasteiger partial charge in [-0.3, -0.25) is 4.48 Å². The molecular formula is C16H23ClN2O4S. The van der Waals surface area contributed by atoms with Gasteiger partial charge in [0.05, 0.1) is 29.6 Å². The fourth-order valence-corrected chi connectivity index (χ4v) is 5.01. The van der Waals surface area contributed by atoms with Gasteiger partial charge in [0.1, 0.15) is 6.54 Å². The third kappa shape index (κ3) is 3.18. The highest BCUT2D eigenvalue weighted by Gasteiger charge is 2.49. The van der Waals surface area contributed by atoms with Crippen molar-refractivity contribution in [3.8, 4) is 0 Å². The molecule has 0 radical (unpaired) electrons. The molecule has 8 heteroatoms. The Hall–Kier alpha value is -1.15. The predicted octanol–water partition coefficient (Wildman–Crippen LogP) is 1.69. The van der Waals surface area contributed by atoms with E-state index in [0.717, 1.165) is 0 Å². The Morgan fingerprint density at radius 1 is 1.29 bits per heavy atom. The molecule has 0 saturated carbocycles. The highest BCUT2D eigenvalue weighted by molar-refractivity contribution is 7.89. The van der Waals surface area contributed by atoms with Crippen LogP contribution in [0.1, 0.15) is 27.7 Å². The quantitative estimate of drug-likeness (QED) is 0.738. The number of rotatable bonds is 2. The number of carbonyl (C=O) groups excluding carboxylic acids is 1. The summed E-state index contributed by atoms with van der Waals surface area (Å²) < 4.78 is 26.8. The molecular weight excluding hydrogens is 352 g/mol. The summed E-state index contributed by atoms with van der Waals surface area (Å²) >= 11 is 5.82. The van der Waals surface area contributed by atoms with Crippen molar-refractivity contribution >= 4 is 27.7 Å². The van der Waals surface area contributed by atoms with Crippen LogP contribution in [0, 0.1) is 0 Å². The van der Waals surface area contributed by atoms with E-state index < -0.39 is 27.7 Å². The Morgan fingerprint density at radius 2 is 1.83 bits per heavy atom. The molecule has 6 nitrogen and oxygen atoms in total. The van der Waals surface area contributed by atoms with Crippen LogP contribution in [-0.2, 0) is 10.0 Å². The zero-order chi connectivity index (χ0) is 18.3. The minimum Gasteiger partial charge on any atom is -0.498 e. The van der Waals surface area contributed by atoms with Gasteiger partial charge in [0.25, 0.3) is 6.09 Å². The lowest BCUT2D eigenvalue weighted by Gasteiger charge is -2.53. The number of carboxylic acid groups (broad SMARTS) is 1. The molecule has 1 aliphatic rings. The van der Waals surface area contributed by atoms with Crippen LogP contribution in [0.2, 0.25) is 5.02 Å². The Kier molecular flexibility index (Phi) is 5.03. The van der Waals surface area contributed by atoms with Gasteiger partial charge in [0.2, 0.25) is 10.0 Å². The second-order valence-corrected chi connectivity index (χ2v) is 9.56. The predicted molar refractivity (Wildman–Crippen MR) is 89.9 cm³/mol. The van der Waals surface area contributed by atoms with E-state index in [1.807, 2.05) is 20.8 Å². The van der Waals surface area contributed by atoms with Crippen LogP contribution < -0.4 is 5.11 Å². The number of halogens is 1. The van der Waals surface area contributed by atoms with Crippen LogP contribution in [0.25, 0.3) is 0 Å². The van der Waals surface area contributed by atoms with Crippen molar-refractivity contribution in [2.75, 3.05) is 19.6 Å². The Balaban J connectivity index is 2.34. The van der Waals surface area contributed by atoms with Gasteiger partial charge < -0.3 is 9.90 Å². The van der Waals surface area contributed by atoms with E-state index in [9.17, 15) is 18.3 Å². The molecule has 1 saturated heterocycles. The Bertz CT molecular complexity index is 727. The number of quaternary nitrogens is 1. The smallest absolute Gasteiger partial charge is 0.257 e. The maximum absolute atomic E-state index is 12.9. The highest BCUT2D eigenvalue weighted by Crippen LogP contribution is 2.32. The lowest BCUT2D eigenvalue weighted by atomic mass is 9.98. The van der Waals surface area contributed by atoms with Crippen LogP contribution in [0.3, 0.4) is 0 Å². The van der Waals surface area contributed by atoms with Gasteiger partial charge in [-0.2, -0.15) is 4.31 Å². The van der Waals surface area contributed by atoms with E-state index in [1.165, 1.54) is 28.6 Å². The third-order valence-electron chi connectivity index (χ3n) is 4.82. The first-order valence-corrected chi connectivity index (χ1v) is 9.60. The average Bonchev–Trinajstić information content (AvgIpc) is 2.45. The molecule has 2 atom stereocenters. The lowest BCUT2D eigenvalue weighted by Crippen LogP contribution is -2.75. The number of carbonyl (C=O) groups is 1. The molecule has 24 heavy (non-hydrogen) atoms. The maximum atomic E-state index is 12.9. The number of benzene rings is 1. The molecule has 1 aromatic carbocycles. The first-order valence-electron chi connectivity index (χ1n) is 7.78. The summed E-state index contributed by atoms with van der Waals surface area (Å²) in [4.78, 5) is 12.0. The molecule has 1 aliphatic heterocycles. The zero-order valence-electron chi connectivity index (χ0n) is 14.3. The molecule has 0 aliphatic carbocycles. The first-order chi connectivity index (χ1) is 10.9. The first kappa shape index (κ1) is 19.2. The number of nitrogens with zero attached hydrogens (tertiary/aromatic N) is 2. The van der Waals surface area contributed by atoms with E-state index in [2.05, 4.69) is 0 Å². The minimum atomic E-state index is -3.70. The molecule has 0 bridgehead atoms. The normalized spacial score (nSPS) is 26.3. The van der Waals surface area contributed by atoms with Gasteiger partial charge in [-0.25, -0.2) is 8.42 Å². The van der Waals surface area contributed by atoms with Crippen LogP contribution in [0.4, 0.5) is 4.79 Å². The molecule has 1 unspecified atom stereocenters. The Labute approximate surface area is 148 Å². The molecule has 0 spiro atoms. The molecule has 2 rings (SSSR count). The topological polar surface area (TPSA) is 77.5 Å². The second-order valence-electron chi connectivity index (χ2n) is 7.23. The molecule has 134 valence electrons. The standard InChI is InChI=1S/C16H23ClN2O4S/c1-12-11-19(15(20)21,16(2,3)4)10-9-18(12)24(22,23)14-7-5-13(17)6-8-14/h5-8,12H,9-11H2,1-4H3/t12-,19?/m0/s1. The molecule has 1 fully saturated rings. The van der Waals surface area contributed by atoms with Gasteiger partial charge >= 0.3 is 0 Å². The van der Waals surface area contributed by atoms with Crippen molar-refractivity contribution in [2.24, 2.45) is 0 Å². The molecule has 1 aromatic rings. The van der Waals surface area contributed by atoms with E-state index in [0.29, 0.717) is 5.02 Å². The van der Waals surface area contributed by atoms with Crippen molar-refractivity contribution < 1.29 is 22.8 Å². The number of amides is 1. The van der Waals surface area contributed by atoms with Crippen LogP contribution in [-0.4, -0.2) is 54.5 Å². The summed E-state index contributed by atoms with van der Waals surface area (Å²) in [5, 5.41) is 12.3. The van der Waals surface area contributed by atoms with E-state index in [4.69, 9.17) is 11.6 Å². The van der Waals surface area contributed by atoms with Crippen LogP contribution in [0.15, 0.2) is 29.2 Å². The number of hydrogen-bond donors (Lipinski definition) is 0. The summed E-state index contributed by atoms with van der Waals surface area (Å²) in [7, 11) is -3.70. The average molecular weight is 375 g/mol. The molecule has 1 amide bonds. The Morgan fingerprint density at radius 3 is 2.25 bits per heavy atom. The largest absolute Gasteiger partial charge is 0.498 e. The lowest BCUT2D eigenvalue weighted by molar-refractivity contribution is -0.925. The van der Waals surface area contributed by atoms with Gasteiger partial charge in [0, 0.05) is 5.02 Å². The molecule has 0 aromatic heterocycles. The van der Waals surface area contributed by atoms with Crippen molar-refractivity contribution in [1.82, 2.24) is 4.31 Å². The van der Waals surface area contributed by atoms with Gasteiger partial charge in [-0.1, -0.05) is 11.6 Å². The number of hydrogen-bond acceptors (Lipinski definition) is 4. The van der Waals surface area contributed by atoms with E-state index in [1.54, 1.807) is 6.92 Å². The van der Waals surface area contributed by atoms with Crippen LogP contribution in [0.5, 0.6) is 0 Å². The van der Waals surface area contributed by atoms with Crippen molar-refractivity contribution in [3.05, 3.63) is 29.3 Å². The summed E-state index contributed by atoms with van der Waals surface area (Å²) in [6, 6.07) is 5.52. The second kappa shape index (κ2) is 6.29. The zero-order valence-corrected chi connectivity index (χ0v) is 15.9. The number of piperazine rings is 1. The summed E-state index contributed by atoms with van der Waals surface area (Å²) in [6.07, 6.45) is -1.17. The van der Waals surface area contributed by atoms with E-state index >= 15 is 0 Å². The number of sulfonamides is 1. The fraction of sp³-hybridized carbons (Fsp3) is 0.562. The fourth-order valence-electron chi connectivity index (χ4n) is 3.27. The summed E-state index contributed by atoms with van der Waals surface area (Å²) in [5.41, 5.74) is -0.580. The summed E-state index contributed by atoms with van der Waals surface area (Å²) in [6.45, 7) is 7.68. The van der Waals surface area contributed by atoms with Crippen molar-refractivity contribution in [3.63, 3.8) is 0 Å². The van der Waals surface area contributed by atoms with Crippen molar-refractivity contribution in [2.45, 2.75) is 44.2 Å². The van der Waals surface area contributed by atoms with Gasteiger partial charge in [-0.05, 0) is 52.0 Å². The van der Waals surface area contributed by atoms with Crippen molar-refractivity contribution in [1.29, 1.82) is 0 Å². The maximum Gasteiger partial charge on any atom is 0.257 e. The SMILES string of the molecule is C[C@H]1C[N+](C(=O)[O-])(C(C)(C)C)CCN1S(=O)(=O)c1ccc(Cl)cc1. The van der Waals surface area contributed by atoms with Crippen LogP contribution >= 0.6 is 11.6 Å². The highest BCUT2D eigenvalue weighted by atomic mass is 35.5. The minimum absolute atomic E-state index is 0.122. The van der Waals surface area contributed by atoms with Gasteiger partial charge in [0.15, 0.2) is 0 Å². The summed E-state index contributed by atoms with van der Waals surface area (Å²) in [5.74, 6) is 0. The monoisotopic (exact) mass is 374 g/mol. The third-order valence-corrected chi connectivity index (χ3v) is 7.10.